The molecule has 3 aromatic heterocycles. The van der Waals surface area contributed by atoms with Gasteiger partial charge >= 0.3 is 0 Å². The number of benzene rings is 1. The van der Waals surface area contributed by atoms with E-state index in [-0.39, 0.29) is 0 Å². The smallest absolute Gasteiger partial charge is 0.229 e. The molecule has 0 aliphatic carbocycles. The Morgan fingerprint density at radius 2 is 1.86 bits per heavy atom. The maximum absolute atomic E-state index is 5.53. The summed E-state index contributed by atoms with van der Waals surface area (Å²) >= 11 is 3.44. The third-order valence-electron chi connectivity index (χ3n) is 4.67. The average molecular weight is 438 g/mol. The first-order chi connectivity index (χ1) is 13.5. The Kier molecular flexibility index (Phi) is 5.00. The molecule has 0 spiro atoms. The van der Waals surface area contributed by atoms with Crippen LogP contribution in [0.2, 0.25) is 0 Å². The summed E-state index contributed by atoms with van der Waals surface area (Å²) in [4.78, 5) is 13.7. The molecule has 0 saturated heterocycles. The van der Waals surface area contributed by atoms with Gasteiger partial charge in [-0.1, -0.05) is 15.9 Å². The largest absolute Gasteiger partial charge is 0.496 e. The van der Waals surface area contributed by atoms with E-state index < -0.39 is 0 Å². The fourth-order valence-electron chi connectivity index (χ4n) is 3.21. The molecule has 0 atom stereocenters. The van der Waals surface area contributed by atoms with Gasteiger partial charge in [0.05, 0.1) is 19.3 Å². The molecule has 0 fully saturated rings. The number of ether oxygens (including phenoxy) is 1. The summed E-state index contributed by atoms with van der Waals surface area (Å²) in [6.45, 7) is 4.65. The number of nitrogens with zero attached hydrogens (tertiary/aromatic N) is 4. The Bertz CT molecular complexity index is 1140. The number of hydrogen-bond donors (Lipinski definition) is 1. The van der Waals surface area contributed by atoms with Crippen molar-refractivity contribution in [2.24, 2.45) is 0 Å². The molecule has 6 nitrogen and oxygen atoms in total. The van der Waals surface area contributed by atoms with Gasteiger partial charge in [-0.3, -0.25) is 4.98 Å². The van der Waals surface area contributed by atoms with E-state index in [0.717, 1.165) is 43.8 Å². The molecule has 3 heterocycles. The molecule has 4 rings (SSSR count). The number of fused-ring (bicyclic) bond motifs is 1. The molecular weight excluding hydrogens is 418 g/mol. The van der Waals surface area contributed by atoms with E-state index in [0.29, 0.717) is 12.5 Å². The Morgan fingerprint density at radius 3 is 2.61 bits per heavy atom. The Morgan fingerprint density at radius 1 is 1.07 bits per heavy atom. The van der Waals surface area contributed by atoms with Gasteiger partial charge in [0.25, 0.3) is 0 Å². The zero-order valence-corrected chi connectivity index (χ0v) is 17.5. The molecule has 1 N–H and O–H groups in total. The van der Waals surface area contributed by atoms with Gasteiger partial charge in [0.1, 0.15) is 11.4 Å². The first kappa shape index (κ1) is 18.4. The monoisotopic (exact) mass is 437 g/mol. The van der Waals surface area contributed by atoms with Crippen molar-refractivity contribution in [3.8, 4) is 5.75 Å². The summed E-state index contributed by atoms with van der Waals surface area (Å²) in [6.07, 6.45) is 5.69. The average Bonchev–Trinajstić information content (AvgIpc) is 3.08. The minimum absolute atomic E-state index is 0.556. The fraction of sp³-hybridized carbons (Fsp3) is 0.190. The predicted octanol–water partition coefficient (Wildman–Crippen LogP) is 5.01. The molecule has 1 aromatic carbocycles. The quantitative estimate of drug-likeness (QED) is 0.475. The van der Waals surface area contributed by atoms with Crippen molar-refractivity contribution in [3.05, 3.63) is 70.2 Å². The molecular formula is C21H20BrN5O. The molecule has 0 amide bonds. The molecule has 28 heavy (non-hydrogen) atoms. The number of aromatic nitrogens is 4. The molecule has 0 bridgehead atoms. The van der Waals surface area contributed by atoms with Crippen LogP contribution in [0, 0.1) is 13.8 Å². The highest BCUT2D eigenvalue weighted by atomic mass is 79.9. The van der Waals surface area contributed by atoms with Gasteiger partial charge in [0.2, 0.25) is 5.95 Å². The molecule has 4 aromatic rings. The van der Waals surface area contributed by atoms with E-state index >= 15 is 0 Å². The normalized spacial score (nSPS) is 11.0. The molecule has 0 aliphatic heterocycles. The Labute approximate surface area is 171 Å². The molecule has 0 unspecified atom stereocenters. The van der Waals surface area contributed by atoms with Gasteiger partial charge in [-0.15, -0.1) is 0 Å². The summed E-state index contributed by atoms with van der Waals surface area (Å²) in [5.41, 5.74) is 4.83. The number of methoxy groups -OCH3 is 1. The second-order valence-corrected chi connectivity index (χ2v) is 7.51. The van der Waals surface area contributed by atoms with Crippen molar-refractivity contribution in [3.63, 3.8) is 0 Å². The fourth-order valence-corrected chi connectivity index (χ4v) is 3.48. The molecule has 0 saturated carbocycles. The number of halogens is 1. The van der Waals surface area contributed by atoms with Gasteiger partial charge in [-0.05, 0) is 44.2 Å². The SMILES string of the molecule is COc1c(C)cnc(Cn2ccc3cnc(Nc4ccc(Br)cc4)nc32)c1C. The van der Waals surface area contributed by atoms with Crippen molar-refractivity contribution in [1.29, 1.82) is 0 Å². The minimum Gasteiger partial charge on any atom is -0.496 e. The number of pyridine rings is 1. The summed E-state index contributed by atoms with van der Waals surface area (Å²) in [5.74, 6) is 1.44. The van der Waals surface area contributed by atoms with Crippen LogP contribution in [0.25, 0.3) is 11.0 Å². The summed E-state index contributed by atoms with van der Waals surface area (Å²) in [5, 5.41) is 4.23. The van der Waals surface area contributed by atoms with E-state index in [4.69, 9.17) is 9.72 Å². The Balaban J connectivity index is 1.66. The first-order valence-corrected chi connectivity index (χ1v) is 9.68. The van der Waals surface area contributed by atoms with Crippen LogP contribution in [-0.2, 0) is 6.54 Å². The van der Waals surface area contributed by atoms with E-state index in [2.05, 4.69) is 35.8 Å². The highest BCUT2D eigenvalue weighted by Crippen LogP contribution is 2.26. The van der Waals surface area contributed by atoms with Crippen LogP contribution in [0.15, 0.2) is 53.4 Å². The second kappa shape index (κ2) is 7.59. The lowest BCUT2D eigenvalue weighted by molar-refractivity contribution is 0.406. The second-order valence-electron chi connectivity index (χ2n) is 6.59. The summed E-state index contributed by atoms with van der Waals surface area (Å²) in [7, 11) is 1.69. The molecule has 0 aliphatic rings. The minimum atomic E-state index is 0.556. The number of aryl methyl sites for hydroxylation is 1. The van der Waals surface area contributed by atoms with E-state index in [1.165, 1.54) is 0 Å². The predicted molar refractivity (Wildman–Crippen MR) is 114 cm³/mol. The lowest BCUT2D eigenvalue weighted by Crippen LogP contribution is -2.06. The number of nitrogens with one attached hydrogen (secondary N) is 1. The summed E-state index contributed by atoms with van der Waals surface area (Å²) in [6, 6.07) is 9.91. The van der Waals surface area contributed by atoms with Crippen LogP contribution >= 0.6 is 15.9 Å². The third-order valence-corrected chi connectivity index (χ3v) is 5.20. The van der Waals surface area contributed by atoms with E-state index in [9.17, 15) is 0 Å². The van der Waals surface area contributed by atoms with E-state index in [1.807, 2.05) is 62.8 Å². The molecule has 0 radical (unpaired) electrons. The van der Waals surface area contributed by atoms with Crippen molar-refractivity contribution in [2.45, 2.75) is 20.4 Å². The van der Waals surface area contributed by atoms with Crippen molar-refractivity contribution >= 4 is 38.6 Å². The van der Waals surface area contributed by atoms with Crippen molar-refractivity contribution in [1.82, 2.24) is 19.5 Å². The van der Waals surface area contributed by atoms with Crippen LogP contribution in [-0.4, -0.2) is 26.6 Å². The molecule has 7 heteroatoms. The lowest BCUT2D eigenvalue weighted by atomic mass is 10.1. The van der Waals surface area contributed by atoms with Crippen LogP contribution in [0.1, 0.15) is 16.8 Å². The highest BCUT2D eigenvalue weighted by Gasteiger charge is 2.12. The maximum atomic E-state index is 5.53. The van der Waals surface area contributed by atoms with Crippen LogP contribution in [0.3, 0.4) is 0 Å². The van der Waals surface area contributed by atoms with Crippen molar-refractivity contribution < 1.29 is 4.74 Å². The third kappa shape index (κ3) is 3.57. The topological polar surface area (TPSA) is 64.9 Å². The van der Waals surface area contributed by atoms with Gasteiger partial charge in [0.15, 0.2) is 0 Å². The maximum Gasteiger partial charge on any atom is 0.229 e. The van der Waals surface area contributed by atoms with Gasteiger partial charge in [0, 0.05) is 45.3 Å². The van der Waals surface area contributed by atoms with Crippen LogP contribution in [0.5, 0.6) is 5.75 Å². The first-order valence-electron chi connectivity index (χ1n) is 8.88. The van der Waals surface area contributed by atoms with Gasteiger partial charge in [-0.2, -0.15) is 4.98 Å². The number of anilines is 2. The standard InChI is InChI=1S/C21H20BrN5O/c1-13-10-23-18(14(2)19(13)28-3)12-27-9-8-15-11-24-21(26-20(15)27)25-17-6-4-16(22)5-7-17/h4-11H,12H2,1-3H3,(H,24,25,26). The van der Waals surface area contributed by atoms with Crippen LogP contribution in [0.4, 0.5) is 11.6 Å². The highest BCUT2D eigenvalue weighted by molar-refractivity contribution is 9.10. The van der Waals surface area contributed by atoms with E-state index in [1.54, 1.807) is 7.11 Å². The Hall–Kier alpha value is -2.93. The lowest BCUT2D eigenvalue weighted by Gasteiger charge is -2.13. The van der Waals surface area contributed by atoms with Gasteiger partial charge < -0.3 is 14.6 Å². The van der Waals surface area contributed by atoms with Gasteiger partial charge in [-0.25, -0.2) is 4.98 Å². The number of rotatable bonds is 5. The summed E-state index contributed by atoms with van der Waals surface area (Å²) < 4.78 is 8.63. The number of hydrogen-bond acceptors (Lipinski definition) is 5. The zero-order valence-electron chi connectivity index (χ0n) is 15.9. The van der Waals surface area contributed by atoms with Crippen LogP contribution < -0.4 is 10.1 Å². The van der Waals surface area contributed by atoms with Crippen molar-refractivity contribution in [2.75, 3.05) is 12.4 Å². The zero-order chi connectivity index (χ0) is 19.7. The molecule has 142 valence electrons.